The van der Waals surface area contributed by atoms with Crippen molar-refractivity contribution in [3.63, 3.8) is 0 Å². The molecule has 0 aliphatic carbocycles. The van der Waals surface area contributed by atoms with Crippen molar-refractivity contribution in [3.05, 3.63) is 78.0 Å². The number of thioether (sulfide) groups is 1. The van der Waals surface area contributed by atoms with E-state index in [0.717, 1.165) is 9.04 Å². The van der Waals surface area contributed by atoms with Gasteiger partial charge in [0.1, 0.15) is 0 Å². The molecule has 134 valence electrons. The third-order valence-electron chi connectivity index (χ3n) is 4.60. The van der Waals surface area contributed by atoms with Gasteiger partial charge in [0, 0.05) is 30.3 Å². The van der Waals surface area contributed by atoms with Gasteiger partial charge in [-0.25, -0.2) is 9.79 Å². The van der Waals surface area contributed by atoms with Crippen LogP contribution in [0.2, 0.25) is 0 Å². The van der Waals surface area contributed by atoms with E-state index in [2.05, 4.69) is 20.9 Å². The van der Waals surface area contributed by atoms with E-state index in [1.165, 1.54) is 23.4 Å². The normalized spacial score (nSPS) is 21.2. The van der Waals surface area contributed by atoms with Gasteiger partial charge in [-0.05, 0) is 17.5 Å². The molecule has 2 aliphatic rings. The van der Waals surface area contributed by atoms with Crippen LogP contribution < -0.4 is 11.2 Å². The highest BCUT2D eigenvalue weighted by Crippen LogP contribution is 2.38. The van der Waals surface area contributed by atoms with Gasteiger partial charge in [-0.3, -0.25) is 13.9 Å². The molecular weight excluding hydrogens is 420 g/mol. The number of benzene rings is 1. The van der Waals surface area contributed by atoms with E-state index in [0.29, 0.717) is 16.4 Å². The molecule has 0 unspecified atom stereocenters. The summed E-state index contributed by atoms with van der Waals surface area (Å²) in [5, 5.41) is 14.1. The number of aliphatic imine (C=N–C) groups is 1. The Hall–Kier alpha value is -2.10. The number of hydrogen-bond acceptors (Lipinski definition) is 6. The fourth-order valence-corrected chi connectivity index (χ4v) is 4.37. The molecule has 3 heterocycles. The third kappa shape index (κ3) is 2.42. The van der Waals surface area contributed by atoms with Crippen LogP contribution in [-0.4, -0.2) is 24.3 Å². The van der Waals surface area contributed by atoms with Crippen molar-refractivity contribution in [1.29, 1.82) is 0 Å². The predicted octanol–water partition coefficient (Wildman–Crippen LogP) is 1.43. The maximum absolute atomic E-state index is 13.0. The van der Waals surface area contributed by atoms with Gasteiger partial charge in [-0.1, -0.05) is 39.8 Å². The van der Waals surface area contributed by atoms with Gasteiger partial charge in [-0.2, -0.15) is 0 Å². The first-order valence-electron chi connectivity index (χ1n) is 7.80. The Bertz CT molecular complexity index is 1100. The number of fused-ring (bicyclic) bond motifs is 2. The Balaban J connectivity index is 2.14. The first-order chi connectivity index (χ1) is 12.3. The number of amidine groups is 1. The molecule has 0 fully saturated rings. The largest absolute Gasteiger partial charge is 0.362 e. The summed E-state index contributed by atoms with van der Waals surface area (Å²) < 4.78 is 3.15. The van der Waals surface area contributed by atoms with Gasteiger partial charge < -0.3 is 10.0 Å². The SMILES string of the molecule is Cn1c2c(c(=O)n(C)c1=O)[C@@](O)(c1cccc(Br)c1)N=C1SC=CN1C2. The van der Waals surface area contributed by atoms with Crippen LogP contribution in [0.1, 0.15) is 16.8 Å². The summed E-state index contributed by atoms with van der Waals surface area (Å²) in [6.45, 7) is 0.274. The van der Waals surface area contributed by atoms with Gasteiger partial charge >= 0.3 is 5.69 Å². The molecule has 0 spiro atoms. The van der Waals surface area contributed by atoms with Crippen LogP contribution in [-0.2, 0) is 26.4 Å². The zero-order chi connectivity index (χ0) is 18.6. The van der Waals surface area contributed by atoms with E-state index < -0.39 is 17.0 Å². The van der Waals surface area contributed by atoms with Crippen molar-refractivity contribution >= 4 is 32.9 Å². The van der Waals surface area contributed by atoms with Crippen LogP contribution in [0, 0.1) is 0 Å². The van der Waals surface area contributed by atoms with Crippen LogP contribution in [0.15, 0.2) is 54.9 Å². The number of halogens is 1. The summed E-state index contributed by atoms with van der Waals surface area (Å²) in [6.07, 6.45) is 1.82. The molecule has 1 N–H and O–H groups in total. The third-order valence-corrected chi connectivity index (χ3v) is 5.89. The molecule has 0 bridgehead atoms. The average molecular weight is 435 g/mol. The van der Waals surface area contributed by atoms with Gasteiger partial charge in [0.15, 0.2) is 5.17 Å². The second-order valence-corrected chi connectivity index (χ2v) is 7.92. The molecule has 0 amide bonds. The molecule has 0 radical (unpaired) electrons. The van der Waals surface area contributed by atoms with Crippen molar-refractivity contribution in [2.75, 3.05) is 0 Å². The van der Waals surface area contributed by atoms with Gasteiger partial charge in [-0.15, -0.1) is 0 Å². The number of nitrogens with zero attached hydrogens (tertiary/aromatic N) is 4. The molecular formula is C17H15BrN4O3S. The minimum absolute atomic E-state index is 0.0936. The van der Waals surface area contributed by atoms with E-state index in [1.54, 1.807) is 25.2 Å². The molecule has 1 atom stereocenters. The molecule has 2 aromatic rings. The van der Waals surface area contributed by atoms with Gasteiger partial charge in [0.2, 0.25) is 5.72 Å². The van der Waals surface area contributed by atoms with Crippen LogP contribution >= 0.6 is 27.7 Å². The lowest BCUT2D eigenvalue weighted by Crippen LogP contribution is -2.46. The summed E-state index contributed by atoms with van der Waals surface area (Å²) in [5.41, 5.74) is -1.91. The lowest BCUT2D eigenvalue weighted by molar-refractivity contribution is 0.0880. The molecule has 7 nitrogen and oxygen atoms in total. The first-order valence-corrected chi connectivity index (χ1v) is 9.48. The molecule has 4 rings (SSSR count). The molecule has 0 saturated carbocycles. The molecule has 0 saturated heterocycles. The van der Waals surface area contributed by atoms with Crippen molar-refractivity contribution in [3.8, 4) is 0 Å². The zero-order valence-electron chi connectivity index (χ0n) is 14.0. The number of hydrogen-bond donors (Lipinski definition) is 1. The highest BCUT2D eigenvalue weighted by atomic mass is 79.9. The summed E-state index contributed by atoms with van der Waals surface area (Å²) >= 11 is 4.76. The Morgan fingerprint density at radius 3 is 2.77 bits per heavy atom. The lowest BCUT2D eigenvalue weighted by Gasteiger charge is -2.26. The minimum atomic E-state index is -1.90. The summed E-state index contributed by atoms with van der Waals surface area (Å²) in [6, 6.07) is 7.04. The first kappa shape index (κ1) is 17.3. The van der Waals surface area contributed by atoms with Gasteiger partial charge in [0.25, 0.3) is 5.56 Å². The van der Waals surface area contributed by atoms with Crippen molar-refractivity contribution in [2.45, 2.75) is 12.3 Å². The van der Waals surface area contributed by atoms with E-state index in [4.69, 9.17) is 0 Å². The van der Waals surface area contributed by atoms with Crippen LogP contribution in [0.4, 0.5) is 0 Å². The van der Waals surface area contributed by atoms with E-state index in [9.17, 15) is 14.7 Å². The fraction of sp³-hybridized carbons (Fsp3) is 0.235. The summed E-state index contributed by atoms with van der Waals surface area (Å²) in [4.78, 5) is 31.8. The second-order valence-electron chi connectivity index (χ2n) is 6.14. The smallest absolute Gasteiger partial charge is 0.330 e. The lowest BCUT2D eigenvalue weighted by atomic mass is 9.94. The highest BCUT2D eigenvalue weighted by Gasteiger charge is 2.42. The van der Waals surface area contributed by atoms with Crippen LogP contribution in [0.25, 0.3) is 0 Å². The van der Waals surface area contributed by atoms with Crippen LogP contribution in [0.3, 0.4) is 0 Å². The summed E-state index contributed by atoms with van der Waals surface area (Å²) in [5.74, 6) is 0. The minimum Gasteiger partial charge on any atom is -0.362 e. The summed E-state index contributed by atoms with van der Waals surface area (Å²) in [7, 11) is 3.00. The quantitative estimate of drug-likeness (QED) is 0.734. The highest BCUT2D eigenvalue weighted by molar-refractivity contribution is 9.10. The molecule has 1 aromatic carbocycles. The Kier molecular flexibility index (Phi) is 3.98. The molecule has 1 aromatic heterocycles. The van der Waals surface area contributed by atoms with Gasteiger partial charge in [0.05, 0.1) is 17.8 Å². The predicted molar refractivity (Wildman–Crippen MR) is 104 cm³/mol. The van der Waals surface area contributed by atoms with E-state index >= 15 is 0 Å². The van der Waals surface area contributed by atoms with Crippen LogP contribution in [0.5, 0.6) is 0 Å². The van der Waals surface area contributed by atoms with Crippen molar-refractivity contribution < 1.29 is 5.11 Å². The molecule has 2 aliphatic heterocycles. The Labute approximate surface area is 161 Å². The van der Waals surface area contributed by atoms with Crippen molar-refractivity contribution in [2.24, 2.45) is 19.1 Å². The topological polar surface area (TPSA) is 79.8 Å². The van der Waals surface area contributed by atoms with E-state index in [-0.39, 0.29) is 12.1 Å². The average Bonchev–Trinajstić information content (AvgIpc) is 2.99. The second kappa shape index (κ2) is 5.97. The fourth-order valence-electron chi connectivity index (χ4n) is 3.20. The standard InChI is InChI=1S/C17H15BrN4O3S/c1-20-12-9-22-6-7-26-15(22)19-17(25,10-4-3-5-11(18)8-10)13(12)14(23)21(2)16(20)24/h3-8,25H,9H2,1-2H3/t17-/m0/s1. The van der Waals surface area contributed by atoms with Crippen molar-refractivity contribution in [1.82, 2.24) is 14.0 Å². The number of aliphatic hydroxyl groups is 1. The zero-order valence-corrected chi connectivity index (χ0v) is 16.4. The maximum Gasteiger partial charge on any atom is 0.330 e. The Morgan fingerprint density at radius 2 is 2.04 bits per heavy atom. The van der Waals surface area contributed by atoms with E-state index in [1.807, 2.05) is 22.6 Å². The maximum atomic E-state index is 13.0. The molecule has 26 heavy (non-hydrogen) atoms. The molecule has 9 heteroatoms. The number of aromatic nitrogens is 2. The Morgan fingerprint density at radius 1 is 1.27 bits per heavy atom. The number of rotatable bonds is 1. The monoisotopic (exact) mass is 434 g/mol.